The van der Waals surface area contributed by atoms with Crippen molar-refractivity contribution in [3.05, 3.63) is 70.3 Å². The Morgan fingerprint density at radius 1 is 0.939 bits per heavy atom. The molecular formula is C24H29Cl2N3O3S. The highest BCUT2D eigenvalue weighted by Crippen LogP contribution is 2.36. The van der Waals surface area contributed by atoms with E-state index in [0.717, 1.165) is 31.2 Å². The van der Waals surface area contributed by atoms with Gasteiger partial charge in [-0.05, 0) is 73.1 Å². The van der Waals surface area contributed by atoms with Crippen LogP contribution in [0.15, 0.2) is 54.2 Å². The average Bonchev–Trinajstić information content (AvgIpc) is 2.84. The molecule has 1 amide bonds. The Balaban J connectivity index is 0.00000306. The van der Waals surface area contributed by atoms with E-state index < -0.39 is 10.0 Å². The van der Waals surface area contributed by atoms with Crippen molar-refractivity contribution in [1.29, 1.82) is 0 Å². The van der Waals surface area contributed by atoms with Gasteiger partial charge >= 0.3 is 0 Å². The minimum Gasteiger partial charge on any atom is -0.340 e. The molecule has 178 valence electrons. The summed E-state index contributed by atoms with van der Waals surface area (Å²) in [5.41, 5.74) is 2.07. The van der Waals surface area contributed by atoms with Gasteiger partial charge < -0.3 is 4.90 Å². The molecule has 1 aliphatic carbocycles. The van der Waals surface area contributed by atoms with Crippen LogP contribution in [0, 0.1) is 5.92 Å². The molecule has 0 N–H and O–H groups in total. The highest BCUT2D eigenvalue weighted by Gasteiger charge is 2.33. The van der Waals surface area contributed by atoms with Gasteiger partial charge in [0.05, 0.1) is 0 Å². The molecule has 1 saturated carbocycles. The van der Waals surface area contributed by atoms with Gasteiger partial charge in [-0.15, -0.1) is 12.4 Å². The van der Waals surface area contributed by atoms with Gasteiger partial charge in [-0.1, -0.05) is 23.7 Å². The Hall–Kier alpha value is -1.93. The summed E-state index contributed by atoms with van der Waals surface area (Å²) >= 11 is 5.87. The Kier molecular flexibility index (Phi) is 8.93. The number of benzene rings is 1. The van der Waals surface area contributed by atoms with Crippen LogP contribution in [0.4, 0.5) is 0 Å². The lowest BCUT2D eigenvalue weighted by Crippen LogP contribution is -2.51. The van der Waals surface area contributed by atoms with Gasteiger partial charge in [0.25, 0.3) is 0 Å². The van der Waals surface area contributed by atoms with E-state index in [0.29, 0.717) is 37.1 Å². The molecule has 2 fully saturated rings. The van der Waals surface area contributed by atoms with Crippen LogP contribution in [-0.4, -0.2) is 54.7 Å². The SMILES string of the molecule is Cl.O=C([C@H]1CC[C@H](c2ccncc2)CC1)N1CCN(S(=O)(=O)/C=C/c2ccc(Cl)cc2)CC1. The largest absolute Gasteiger partial charge is 0.340 e. The smallest absolute Gasteiger partial charge is 0.236 e. The predicted octanol–water partition coefficient (Wildman–Crippen LogP) is 4.58. The van der Waals surface area contributed by atoms with Crippen molar-refractivity contribution in [2.75, 3.05) is 26.2 Å². The normalized spacial score (nSPS) is 22.2. The predicted molar refractivity (Wildman–Crippen MR) is 134 cm³/mol. The molecule has 6 nitrogen and oxygen atoms in total. The molecule has 1 saturated heterocycles. The molecule has 1 aromatic heterocycles. The molecule has 0 spiro atoms. The van der Waals surface area contributed by atoms with Crippen LogP contribution in [0.1, 0.15) is 42.7 Å². The fraction of sp³-hybridized carbons (Fsp3) is 0.417. The van der Waals surface area contributed by atoms with Crippen LogP contribution < -0.4 is 0 Å². The summed E-state index contributed by atoms with van der Waals surface area (Å²) in [6.45, 7) is 1.53. The Bertz CT molecular complexity index is 1050. The Morgan fingerprint density at radius 2 is 1.55 bits per heavy atom. The van der Waals surface area contributed by atoms with E-state index in [2.05, 4.69) is 17.1 Å². The van der Waals surface area contributed by atoms with Gasteiger partial charge in [0.1, 0.15) is 0 Å². The third-order valence-corrected chi connectivity index (χ3v) is 8.28. The van der Waals surface area contributed by atoms with E-state index in [4.69, 9.17) is 11.6 Å². The lowest BCUT2D eigenvalue weighted by atomic mass is 9.78. The number of halogens is 2. The van der Waals surface area contributed by atoms with Crippen molar-refractivity contribution in [2.45, 2.75) is 31.6 Å². The van der Waals surface area contributed by atoms with Crippen molar-refractivity contribution in [2.24, 2.45) is 5.92 Å². The number of sulfonamides is 1. The number of hydrogen-bond donors (Lipinski definition) is 0. The molecule has 0 radical (unpaired) electrons. The van der Waals surface area contributed by atoms with Gasteiger partial charge in [0.2, 0.25) is 15.9 Å². The summed E-state index contributed by atoms with van der Waals surface area (Å²) in [5, 5.41) is 1.84. The van der Waals surface area contributed by atoms with E-state index in [1.807, 2.05) is 17.3 Å². The van der Waals surface area contributed by atoms with Crippen LogP contribution in [-0.2, 0) is 14.8 Å². The van der Waals surface area contributed by atoms with Crippen molar-refractivity contribution in [3.8, 4) is 0 Å². The van der Waals surface area contributed by atoms with Gasteiger partial charge in [-0.3, -0.25) is 9.78 Å². The maximum atomic E-state index is 13.0. The highest BCUT2D eigenvalue weighted by molar-refractivity contribution is 7.92. The lowest BCUT2D eigenvalue weighted by Gasteiger charge is -2.37. The van der Waals surface area contributed by atoms with Gasteiger partial charge in [0.15, 0.2) is 0 Å². The summed E-state index contributed by atoms with van der Waals surface area (Å²) in [4.78, 5) is 18.9. The van der Waals surface area contributed by atoms with Crippen LogP contribution >= 0.6 is 24.0 Å². The van der Waals surface area contributed by atoms with E-state index >= 15 is 0 Å². The van der Waals surface area contributed by atoms with Crippen LogP contribution in [0.5, 0.6) is 0 Å². The quantitative estimate of drug-likeness (QED) is 0.591. The first-order valence-corrected chi connectivity index (χ1v) is 12.9. The zero-order chi connectivity index (χ0) is 22.6. The van der Waals surface area contributed by atoms with E-state index in [9.17, 15) is 13.2 Å². The highest BCUT2D eigenvalue weighted by atomic mass is 35.5. The number of piperazine rings is 1. The van der Waals surface area contributed by atoms with E-state index in [1.165, 1.54) is 15.3 Å². The Labute approximate surface area is 207 Å². The molecule has 2 aliphatic rings. The minimum absolute atomic E-state index is 0. The first-order chi connectivity index (χ1) is 15.4. The molecule has 2 heterocycles. The molecule has 0 bridgehead atoms. The number of rotatable bonds is 5. The molecule has 4 rings (SSSR count). The maximum Gasteiger partial charge on any atom is 0.236 e. The zero-order valence-electron chi connectivity index (χ0n) is 18.3. The van der Waals surface area contributed by atoms with Gasteiger partial charge in [-0.2, -0.15) is 4.31 Å². The number of carbonyl (C=O) groups excluding carboxylic acids is 1. The zero-order valence-corrected chi connectivity index (χ0v) is 20.7. The number of hydrogen-bond acceptors (Lipinski definition) is 4. The molecular weight excluding hydrogens is 481 g/mol. The first kappa shape index (κ1) is 25.7. The van der Waals surface area contributed by atoms with Crippen LogP contribution in [0.25, 0.3) is 6.08 Å². The minimum atomic E-state index is -3.53. The fourth-order valence-electron chi connectivity index (χ4n) is 4.55. The second kappa shape index (κ2) is 11.5. The van der Waals surface area contributed by atoms with Gasteiger partial charge in [0, 0.05) is 54.9 Å². The molecule has 9 heteroatoms. The first-order valence-electron chi connectivity index (χ1n) is 11.0. The third-order valence-electron chi connectivity index (χ3n) is 6.47. The van der Waals surface area contributed by atoms with E-state index in [1.54, 1.807) is 30.3 Å². The van der Waals surface area contributed by atoms with Crippen molar-refractivity contribution >= 4 is 46.0 Å². The maximum absolute atomic E-state index is 13.0. The van der Waals surface area contributed by atoms with Crippen molar-refractivity contribution in [1.82, 2.24) is 14.2 Å². The second-order valence-corrected chi connectivity index (χ2v) is 10.7. The molecule has 1 aliphatic heterocycles. The summed E-state index contributed by atoms with van der Waals surface area (Å²) in [6.07, 6.45) is 9.00. The topological polar surface area (TPSA) is 70.6 Å². The van der Waals surface area contributed by atoms with Crippen LogP contribution in [0.3, 0.4) is 0 Å². The van der Waals surface area contributed by atoms with Crippen molar-refractivity contribution in [3.63, 3.8) is 0 Å². The number of aromatic nitrogens is 1. The summed E-state index contributed by atoms with van der Waals surface area (Å²) < 4.78 is 26.8. The standard InChI is InChI=1S/C24H28ClN3O3S.ClH/c25-23-7-1-19(2-8-23)11-18-32(30,31)28-16-14-27(15-17-28)24(29)22-5-3-20(4-6-22)21-9-12-26-13-10-21;/h1-2,7-13,18,20,22H,3-6,14-17H2;1H/b18-11+;/t20-,22-;. The molecule has 1 aromatic carbocycles. The second-order valence-electron chi connectivity index (χ2n) is 8.45. The fourth-order valence-corrected chi connectivity index (χ4v) is 5.85. The average molecular weight is 510 g/mol. The number of pyridine rings is 1. The third kappa shape index (κ3) is 6.57. The van der Waals surface area contributed by atoms with Crippen LogP contribution in [0.2, 0.25) is 5.02 Å². The number of amides is 1. The summed E-state index contributed by atoms with van der Waals surface area (Å²) in [7, 11) is -3.53. The summed E-state index contributed by atoms with van der Waals surface area (Å²) in [6, 6.07) is 11.1. The molecule has 33 heavy (non-hydrogen) atoms. The Morgan fingerprint density at radius 3 is 2.15 bits per heavy atom. The number of nitrogens with zero attached hydrogens (tertiary/aromatic N) is 3. The molecule has 0 atom stereocenters. The van der Waals surface area contributed by atoms with Gasteiger partial charge in [-0.25, -0.2) is 8.42 Å². The van der Waals surface area contributed by atoms with E-state index in [-0.39, 0.29) is 24.2 Å². The van der Waals surface area contributed by atoms with Crippen molar-refractivity contribution < 1.29 is 13.2 Å². The monoisotopic (exact) mass is 509 g/mol. The summed E-state index contributed by atoms with van der Waals surface area (Å²) in [5.74, 6) is 0.712. The molecule has 2 aromatic rings. The lowest BCUT2D eigenvalue weighted by molar-refractivity contribution is -0.137. The number of carbonyl (C=O) groups is 1. The molecule has 0 unspecified atom stereocenters.